The van der Waals surface area contributed by atoms with Crippen LogP contribution in [0.3, 0.4) is 0 Å². The average Bonchev–Trinajstić information content (AvgIpc) is 3.14. The van der Waals surface area contributed by atoms with Crippen LogP contribution in [0.1, 0.15) is 48.3 Å². The highest BCUT2D eigenvalue weighted by Crippen LogP contribution is 2.41. The second-order valence-electron chi connectivity index (χ2n) is 6.82. The standard InChI is InChI=1S/C20H21N3O3S/c1-10-5-4-6-13-15(10)11(2)23(19(13)24)9-14-17-12(7-8-22-14)16(20(25)26)18(21-3)27-17/h4-6,14,21-22H,2,7-9H2,1,3H3,(H,25,26). The lowest BCUT2D eigenvalue weighted by Crippen LogP contribution is -2.38. The predicted molar refractivity (Wildman–Crippen MR) is 107 cm³/mol. The lowest BCUT2D eigenvalue weighted by Gasteiger charge is -2.29. The monoisotopic (exact) mass is 383 g/mol. The number of nitrogens with zero attached hydrogens (tertiary/aromatic N) is 1. The van der Waals surface area contributed by atoms with Gasteiger partial charge in [0.2, 0.25) is 0 Å². The molecule has 0 bridgehead atoms. The van der Waals surface area contributed by atoms with E-state index < -0.39 is 5.97 Å². The van der Waals surface area contributed by atoms with Gasteiger partial charge in [-0.1, -0.05) is 18.7 Å². The summed E-state index contributed by atoms with van der Waals surface area (Å²) in [6, 6.07) is 5.59. The maximum atomic E-state index is 12.9. The third-order valence-electron chi connectivity index (χ3n) is 5.29. The molecular weight excluding hydrogens is 362 g/mol. The first-order valence-corrected chi connectivity index (χ1v) is 9.66. The van der Waals surface area contributed by atoms with Crippen LogP contribution in [0, 0.1) is 6.92 Å². The van der Waals surface area contributed by atoms with Gasteiger partial charge in [-0.15, -0.1) is 11.3 Å². The molecule has 0 saturated carbocycles. The number of anilines is 1. The number of aryl methyl sites for hydroxylation is 1. The second-order valence-corrected chi connectivity index (χ2v) is 7.87. The number of hydrogen-bond acceptors (Lipinski definition) is 5. The molecule has 0 saturated heterocycles. The number of rotatable bonds is 4. The molecule has 3 N–H and O–H groups in total. The Morgan fingerprint density at radius 2 is 2.26 bits per heavy atom. The van der Waals surface area contributed by atoms with E-state index in [0.717, 1.165) is 21.6 Å². The number of carboxylic acid groups (broad SMARTS) is 1. The third kappa shape index (κ3) is 2.65. The first kappa shape index (κ1) is 17.8. The van der Waals surface area contributed by atoms with Crippen LogP contribution in [-0.4, -0.2) is 42.0 Å². The minimum absolute atomic E-state index is 0.0449. The highest BCUT2D eigenvalue weighted by Gasteiger charge is 2.36. The molecule has 140 valence electrons. The van der Waals surface area contributed by atoms with E-state index in [-0.39, 0.29) is 11.9 Å². The van der Waals surface area contributed by atoms with Crippen molar-refractivity contribution in [3.63, 3.8) is 0 Å². The van der Waals surface area contributed by atoms with Gasteiger partial charge in [0.05, 0.1) is 11.6 Å². The van der Waals surface area contributed by atoms with E-state index in [1.54, 1.807) is 11.9 Å². The van der Waals surface area contributed by atoms with E-state index in [4.69, 9.17) is 0 Å². The number of amides is 1. The number of carboxylic acids is 1. The summed E-state index contributed by atoms with van der Waals surface area (Å²) in [6.45, 7) is 7.24. The molecule has 2 aromatic rings. The van der Waals surface area contributed by atoms with E-state index in [2.05, 4.69) is 17.2 Å². The Labute approximate surface area is 161 Å². The van der Waals surface area contributed by atoms with Gasteiger partial charge in [0.15, 0.2) is 0 Å². The number of thiophene rings is 1. The lowest BCUT2D eigenvalue weighted by atomic mass is 9.98. The van der Waals surface area contributed by atoms with Gasteiger partial charge in [-0.2, -0.15) is 0 Å². The van der Waals surface area contributed by atoms with Gasteiger partial charge in [-0.05, 0) is 37.1 Å². The molecule has 0 spiro atoms. The van der Waals surface area contributed by atoms with Crippen molar-refractivity contribution in [1.29, 1.82) is 0 Å². The SMILES string of the molecule is C=C1c2c(C)cccc2C(=O)N1CC1NCCc2c1sc(NC)c2C(=O)O. The van der Waals surface area contributed by atoms with Crippen LogP contribution in [0.15, 0.2) is 24.8 Å². The van der Waals surface area contributed by atoms with Crippen LogP contribution in [-0.2, 0) is 6.42 Å². The summed E-state index contributed by atoms with van der Waals surface area (Å²) < 4.78 is 0. The third-order valence-corrected chi connectivity index (χ3v) is 6.65. The number of carbonyl (C=O) groups is 2. The second kappa shape index (κ2) is 6.51. The molecular formula is C20H21N3O3S. The molecule has 7 heteroatoms. The zero-order valence-corrected chi connectivity index (χ0v) is 16.1. The molecule has 4 rings (SSSR count). The largest absolute Gasteiger partial charge is 0.478 e. The van der Waals surface area contributed by atoms with Crippen molar-refractivity contribution < 1.29 is 14.7 Å². The Morgan fingerprint density at radius 3 is 2.93 bits per heavy atom. The summed E-state index contributed by atoms with van der Waals surface area (Å²) in [6.07, 6.45) is 0.667. The molecule has 1 unspecified atom stereocenters. The molecule has 1 amide bonds. The van der Waals surface area contributed by atoms with Crippen molar-refractivity contribution in [3.8, 4) is 0 Å². The Bertz CT molecular complexity index is 979. The molecule has 1 aromatic heterocycles. The van der Waals surface area contributed by atoms with E-state index in [0.29, 0.717) is 41.3 Å². The highest BCUT2D eigenvalue weighted by atomic mass is 32.1. The quantitative estimate of drug-likeness (QED) is 0.756. The Kier molecular flexibility index (Phi) is 4.28. The number of carbonyl (C=O) groups excluding carboxylic acids is 1. The Morgan fingerprint density at radius 1 is 1.48 bits per heavy atom. The van der Waals surface area contributed by atoms with Gasteiger partial charge in [-0.25, -0.2) is 4.79 Å². The molecule has 6 nitrogen and oxygen atoms in total. The van der Waals surface area contributed by atoms with Gasteiger partial charge in [-0.3, -0.25) is 4.79 Å². The highest BCUT2D eigenvalue weighted by molar-refractivity contribution is 7.16. The van der Waals surface area contributed by atoms with Gasteiger partial charge < -0.3 is 20.6 Å². The normalized spacial score (nSPS) is 18.4. The van der Waals surface area contributed by atoms with Crippen LogP contribution in [0.25, 0.3) is 5.70 Å². The fourth-order valence-corrected chi connectivity index (χ4v) is 5.30. The molecule has 0 radical (unpaired) electrons. The molecule has 1 aromatic carbocycles. The van der Waals surface area contributed by atoms with Crippen molar-refractivity contribution in [2.75, 3.05) is 25.5 Å². The minimum atomic E-state index is -0.915. The summed E-state index contributed by atoms with van der Waals surface area (Å²) in [5.74, 6) is -0.960. The van der Waals surface area contributed by atoms with Gasteiger partial charge in [0.25, 0.3) is 5.91 Å². The van der Waals surface area contributed by atoms with Gasteiger partial charge in [0.1, 0.15) is 5.00 Å². The van der Waals surface area contributed by atoms with E-state index in [1.807, 2.05) is 25.1 Å². The molecule has 3 heterocycles. The Balaban J connectivity index is 1.68. The first-order valence-electron chi connectivity index (χ1n) is 8.84. The number of aromatic carboxylic acids is 1. The summed E-state index contributed by atoms with van der Waals surface area (Å²) >= 11 is 1.45. The zero-order valence-electron chi connectivity index (χ0n) is 15.3. The smallest absolute Gasteiger partial charge is 0.338 e. The van der Waals surface area contributed by atoms with E-state index >= 15 is 0 Å². The fraction of sp³-hybridized carbons (Fsp3) is 0.300. The summed E-state index contributed by atoms with van der Waals surface area (Å²) in [7, 11) is 1.73. The zero-order chi connectivity index (χ0) is 19.3. The molecule has 2 aliphatic rings. The van der Waals surface area contributed by atoms with E-state index in [1.165, 1.54) is 11.3 Å². The van der Waals surface area contributed by atoms with Gasteiger partial charge in [0, 0.05) is 35.3 Å². The number of benzene rings is 1. The summed E-state index contributed by atoms with van der Waals surface area (Å²) in [5, 5.41) is 16.7. The minimum Gasteiger partial charge on any atom is -0.478 e. The lowest BCUT2D eigenvalue weighted by molar-refractivity contribution is 0.0696. The van der Waals surface area contributed by atoms with Crippen molar-refractivity contribution in [2.45, 2.75) is 19.4 Å². The average molecular weight is 383 g/mol. The predicted octanol–water partition coefficient (Wildman–Crippen LogP) is 3.11. The maximum absolute atomic E-state index is 12.9. The van der Waals surface area contributed by atoms with Crippen LogP contribution in [0.5, 0.6) is 0 Å². The van der Waals surface area contributed by atoms with E-state index in [9.17, 15) is 14.7 Å². The van der Waals surface area contributed by atoms with Crippen LogP contribution < -0.4 is 10.6 Å². The first-order chi connectivity index (χ1) is 12.9. The number of fused-ring (bicyclic) bond motifs is 2. The van der Waals surface area contributed by atoms with Gasteiger partial charge >= 0.3 is 5.97 Å². The van der Waals surface area contributed by atoms with Crippen LogP contribution in [0.2, 0.25) is 0 Å². The number of nitrogens with one attached hydrogen (secondary N) is 2. The topological polar surface area (TPSA) is 81.7 Å². The van der Waals surface area contributed by atoms with Crippen molar-refractivity contribution in [2.24, 2.45) is 0 Å². The summed E-state index contributed by atoms with van der Waals surface area (Å²) in [4.78, 5) is 27.3. The molecule has 2 aliphatic heterocycles. The summed E-state index contributed by atoms with van der Waals surface area (Å²) in [5.41, 5.74) is 4.57. The van der Waals surface area contributed by atoms with Crippen LogP contribution >= 0.6 is 11.3 Å². The Hall–Kier alpha value is -2.64. The maximum Gasteiger partial charge on any atom is 0.338 e. The molecule has 0 aliphatic carbocycles. The number of hydrogen-bond donors (Lipinski definition) is 3. The molecule has 0 fully saturated rings. The molecule has 1 atom stereocenters. The van der Waals surface area contributed by atoms with Crippen molar-refractivity contribution >= 4 is 33.9 Å². The van der Waals surface area contributed by atoms with Crippen molar-refractivity contribution in [1.82, 2.24) is 10.2 Å². The molecule has 27 heavy (non-hydrogen) atoms. The van der Waals surface area contributed by atoms with Crippen molar-refractivity contribution in [3.05, 3.63) is 57.5 Å². The van der Waals surface area contributed by atoms with Crippen LogP contribution in [0.4, 0.5) is 5.00 Å². The fourth-order valence-electron chi connectivity index (χ4n) is 4.03.